The van der Waals surface area contributed by atoms with Gasteiger partial charge in [0.05, 0.1) is 31.7 Å². The van der Waals surface area contributed by atoms with Gasteiger partial charge >= 0.3 is 0 Å². The lowest BCUT2D eigenvalue weighted by Gasteiger charge is -2.22. The van der Waals surface area contributed by atoms with Crippen LogP contribution in [0.2, 0.25) is 0 Å². The Morgan fingerprint density at radius 1 is 1.17 bits per heavy atom. The van der Waals surface area contributed by atoms with Crippen LogP contribution in [0, 0.1) is 0 Å². The molecule has 0 spiro atoms. The van der Waals surface area contributed by atoms with Crippen LogP contribution in [0.4, 0.5) is 11.4 Å². The third kappa shape index (κ3) is 2.31. The van der Waals surface area contributed by atoms with E-state index in [1.807, 2.05) is 6.07 Å². The molecule has 1 aliphatic heterocycles. The van der Waals surface area contributed by atoms with Crippen molar-refractivity contribution >= 4 is 11.4 Å². The van der Waals surface area contributed by atoms with Crippen LogP contribution in [0.1, 0.15) is 6.42 Å². The van der Waals surface area contributed by atoms with Crippen LogP contribution < -0.4 is 20.1 Å². The van der Waals surface area contributed by atoms with Crippen molar-refractivity contribution in [3.05, 3.63) is 12.1 Å². The van der Waals surface area contributed by atoms with E-state index >= 15 is 0 Å². The Labute approximate surface area is 107 Å². The molecular weight excluding hydrogens is 232 g/mol. The molecule has 5 heteroatoms. The first-order valence-electron chi connectivity index (χ1n) is 5.98. The summed E-state index contributed by atoms with van der Waals surface area (Å²) < 4.78 is 15.9. The van der Waals surface area contributed by atoms with Crippen LogP contribution in [0.15, 0.2) is 12.1 Å². The van der Waals surface area contributed by atoms with E-state index in [2.05, 4.69) is 4.90 Å². The third-order valence-corrected chi connectivity index (χ3v) is 3.35. The maximum Gasteiger partial charge on any atom is 0.162 e. The number of rotatable bonds is 4. The van der Waals surface area contributed by atoms with Gasteiger partial charge < -0.3 is 24.8 Å². The zero-order valence-corrected chi connectivity index (χ0v) is 11.1. The maximum atomic E-state index is 6.07. The lowest BCUT2D eigenvalue weighted by Crippen LogP contribution is -2.23. The van der Waals surface area contributed by atoms with Gasteiger partial charge in [-0.25, -0.2) is 0 Å². The molecule has 1 saturated heterocycles. The molecule has 0 aliphatic carbocycles. The van der Waals surface area contributed by atoms with E-state index in [0.29, 0.717) is 17.2 Å². The largest absolute Gasteiger partial charge is 0.493 e. The van der Waals surface area contributed by atoms with Crippen molar-refractivity contribution < 1.29 is 14.2 Å². The molecule has 0 bridgehead atoms. The molecule has 18 heavy (non-hydrogen) atoms. The summed E-state index contributed by atoms with van der Waals surface area (Å²) in [5.74, 6) is 1.35. The van der Waals surface area contributed by atoms with Gasteiger partial charge in [-0.15, -0.1) is 0 Å². The van der Waals surface area contributed by atoms with Crippen LogP contribution in [-0.2, 0) is 4.74 Å². The highest BCUT2D eigenvalue weighted by Gasteiger charge is 2.24. The summed E-state index contributed by atoms with van der Waals surface area (Å²) in [7, 11) is 4.97. The molecule has 0 amide bonds. The van der Waals surface area contributed by atoms with Crippen LogP contribution in [0.5, 0.6) is 11.5 Å². The van der Waals surface area contributed by atoms with Gasteiger partial charge in [0.25, 0.3) is 0 Å². The highest BCUT2D eigenvalue weighted by atomic mass is 16.5. The zero-order valence-electron chi connectivity index (χ0n) is 11.1. The number of benzene rings is 1. The lowest BCUT2D eigenvalue weighted by molar-refractivity contribution is 0.121. The second-order valence-electron chi connectivity index (χ2n) is 4.36. The quantitative estimate of drug-likeness (QED) is 0.823. The van der Waals surface area contributed by atoms with E-state index in [1.54, 1.807) is 27.4 Å². The van der Waals surface area contributed by atoms with E-state index in [4.69, 9.17) is 19.9 Å². The van der Waals surface area contributed by atoms with Gasteiger partial charge in [0.15, 0.2) is 11.5 Å². The molecule has 1 aromatic carbocycles. The van der Waals surface area contributed by atoms with Gasteiger partial charge in [0.2, 0.25) is 0 Å². The molecule has 1 atom stereocenters. The molecule has 1 aromatic rings. The van der Waals surface area contributed by atoms with Gasteiger partial charge in [0, 0.05) is 32.3 Å². The Bertz CT molecular complexity index is 423. The first-order valence-corrected chi connectivity index (χ1v) is 5.98. The molecule has 5 nitrogen and oxygen atoms in total. The zero-order chi connectivity index (χ0) is 13.1. The molecule has 2 N–H and O–H groups in total. The predicted octanol–water partition coefficient (Wildman–Crippen LogP) is 1.51. The average Bonchev–Trinajstić information content (AvgIpc) is 2.86. The number of nitrogens with zero attached hydrogens (tertiary/aromatic N) is 1. The summed E-state index contributed by atoms with van der Waals surface area (Å²) in [5.41, 5.74) is 7.75. The summed E-state index contributed by atoms with van der Waals surface area (Å²) in [6.45, 7) is 1.80. The fraction of sp³-hybridized carbons (Fsp3) is 0.538. The van der Waals surface area contributed by atoms with Crippen molar-refractivity contribution in [2.45, 2.75) is 12.5 Å². The van der Waals surface area contributed by atoms with Crippen molar-refractivity contribution in [1.82, 2.24) is 0 Å². The van der Waals surface area contributed by atoms with Crippen molar-refractivity contribution in [2.24, 2.45) is 0 Å². The minimum Gasteiger partial charge on any atom is -0.493 e. The molecule has 1 unspecified atom stereocenters. The summed E-state index contributed by atoms with van der Waals surface area (Å²) in [6.07, 6.45) is 1.29. The number of anilines is 2. The molecule has 0 radical (unpaired) electrons. The highest BCUT2D eigenvalue weighted by molar-refractivity contribution is 5.73. The van der Waals surface area contributed by atoms with E-state index in [1.165, 1.54) is 0 Å². The Morgan fingerprint density at radius 3 is 2.39 bits per heavy atom. The second-order valence-corrected chi connectivity index (χ2v) is 4.36. The average molecular weight is 252 g/mol. The van der Waals surface area contributed by atoms with E-state index in [-0.39, 0.29) is 6.10 Å². The van der Waals surface area contributed by atoms with Crippen molar-refractivity contribution in [2.75, 3.05) is 45.1 Å². The Hall–Kier alpha value is -1.62. The molecule has 0 saturated carbocycles. The Morgan fingerprint density at radius 2 is 1.83 bits per heavy atom. The van der Waals surface area contributed by atoms with Gasteiger partial charge in [-0.3, -0.25) is 0 Å². The normalized spacial score (nSPS) is 19.1. The summed E-state index contributed by atoms with van der Waals surface area (Å²) in [6, 6.07) is 3.72. The Balaban J connectivity index is 2.28. The first-order chi connectivity index (χ1) is 8.69. The fourth-order valence-electron chi connectivity index (χ4n) is 2.30. The van der Waals surface area contributed by atoms with E-state index in [0.717, 1.165) is 25.2 Å². The van der Waals surface area contributed by atoms with Crippen LogP contribution in [-0.4, -0.2) is 40.5 Å². The van der Waals surface area contributed by atoms with E-state index < -0.39 is 0 Å². The van der Waals surface area contributed by atoms with Crippen LogP contribution in [0.3, 0.4) is 0 Å². The van der Waals surface area contributed by atoms with Crippen molar-refractivity contribution in [3.8, 4) is 11.5 Å². The van der Waals surface area contributed by atoms with Gasteiger partial charge in [0.1, 0.15) is 0 Å². The Kier molecular flexibility index (Phi) is 3.81. The molecule has 1 fully saturated rings. The van der Waals surface area contributed by atoms with Crippen LogP contribution in [0.25, 0.3) is 0 Å². The number of hydrogen-bond acceptors (Lipinski definition) is 5. The minimum absolute atomic E-state index is 0.275. The van der Waals surface area contributed by atoms with Crippen LogP contribution >= 0.6 is 0 Å². The highest BCUT2D eigenvalue weighted by Crippen LogP contribution is 2.38. The predicted molar refractivity (Wildman–Crippen MR) is 71.6 cm³/mol. The summed E-state index contributed by atoms with van der Waals surface area (Å²) in [5, 5.41) is 0. The maximum absolute atomic E-state index is 6.07. The third-order valence-electron chi connectivity index (χ3n) is 3.35. The molecule has 0 aromatic heterocycles. The number of hydrogen-bond donors (Lipinski definition) is 1. The molecule has 2 rings (SSSR count). The second kappa shape index (κ2) is 5.35. The smallest absolute Gasteiger partial charge is 0.162 e. The van der Waals surface area contributed by atoms with E-state index in [9.17, 15) is 0 Å². The first kappa shape index (κ1) is 12.8. The number of nitrogens with two attached hydrogens (primary N) is 1. The molecule has 1 heterocycles. The van der Waals surface area contributed by atoms with Gasteiger partial charge in [-0.2, -0.15) is 0 Å². The molecule has 100 valence electrons. The number of ether oxygens (including phenoxy) is 3. The minimum atomic E-state index is 0.275. The standard InChI is InChI=1S/C13H20N2O3/c1-16-9-4-5-15(8-9)11-7-13(18-3)12(17-2)6-10(11)14/h6-7,9H,4-5,8,14H2,1-3H3. The monoisotopic (exact) mass is 252 g/mol. The van der Waals surface area contributed by atoms with Gasteiger partial charge in [-0.05, 0) is 6.42 Å². The topological polar surface area (TPSA) is 57.0 Å². The molecular formula is C13H20N2O3. The lowest BCUT2D eigenvalue weighted by atomic mass is 10.2. The van der Waals surface area contributed by atoms with Crippen molar-refractivity contribution in [3.63, 3.8) is 0 Å². The fourth-order valence-corrected chi connectivity index (χ4v) is 2.30. The van der Waals surface area contributed by atoms with Crippen molar-refractivity contribution in [1.29, 1.82) is 0 Å². The molecule has 1 aliphatic rings. The number of methoxy groups -OCH3 is 3. The SMILES string of the molecule is COc1cc(N)c(N2CCC(OC)C2)cc1OC. The summed E-state index contributed by atoms with van der Waals surface area (Å²) in [4.78, 5) is 2.21. The number of nitrogen functional groups attached to an aromatic ring is 1. The summed E-state index contributed by atoms with van der Waals surface area (Å²) >= 11 is 0. The van der Waals surface area contributed by atoms with Gasteiger partial charge in [-0.1, -0.05) is 0 Å².